The number of halogens is 1. The van der Waals surface area contributed by atoms with Gasteiger partial charge in [-0.2, -0.15) is 5.10 Å². The van der Waals surface area contributed by atoms with Crippen LogP contribution in [0, 0.1) is 0 Å². The molecule has 1 aromatic rings. The lowest BCUT2D eigenvalue weighted by atomic mass is 10.4. The minimum absolute atomic E-state index is 0.114. The maximum absolute atomic E-state index is 11.8. The summed E-state index contributed by atoms with van der Waals surface area (Å²) in [7, 11) is 0. The van der Waals surface area contributed by atoms with Gasteiger partial charge in [-0.1, -0.05) is 13.3 Å². The summed E-state index contributed by atoms with van der Waals surface area (Å²) < 4.78 is 7.05. The molecule has 1 rings (SSSR count). The molecule has 0 bridgehead atoms. The van der Waals surface area contributed by atoms with E-state index in [-0.39, 0.29) is 18.7 Å². The number of aromatic nitrogens is 2. The largest absolute Gasteiger partial charge is 0.394 e. The second-order valence-electron chi connectivity index (χ2n) is 4.02. The van der Waals surface area contributed by atoms with Crippen molar-refractivity contribution in [1.29, 1.82) is 0 Å². The van der Waals surface area contributed by atoms with Gasteiger partial charge in [-0.25, -0.2) is 4.68 Å². The predicted molar refractivity (Wildman–Crippen MR) is 77.5 cm³/mol. The molecule has 7 heteroatoms. The van der Waals surface area contributed by atoms with Gasteiger partial charge < -0.3 is 15.2 Å². The fourth-order valence-electron chi connectivity index (χ4n) is 1.45. The number of nitrogens with zero attached hydrogens (tertiary/aromatic N) is 2. The molecule has 0 atom stereocenters. The van der Waals surface area contributed by atoms with E-state index in [1.165, 1.54) is 4.68 Å². The second kappa shape index (κ2) is 9.06. The lowest BCUT2D eigenvalue weighted by molar-refractivity contribution is 0.141. The Balaban J connectivity index is 2.46. The van der Waals surface area contributed by atoms with Crippen LogP contribution in [0.15, 0.2) is 15.5 Å². The summed E-state index contributed by atoms with van der Waals surface area (Å²) in [4.78, 5) is 11.8. The third kappa shape index (κ3) is 5.30. The number of ether oxygens (including phenoxy) is 1. The van der Waals surface area contributed by atoms with E-state index in [0.717, 1.165) is 19.4 Å². The van der Waals surface area contributed by atoms with E-state index in [2.05, 4.69) is 33.3 Å². The number of nitrogens with one attached hydrogen (secondary N) is 1. The van der Waals surface area contributed by atoms with Crippen LogP contribution in [0.5, 0.6) is 0 Å². The summed E-state index contributed by atoms with van der Waals surface area (Å²) in [5, 5.41) is 15.9. The number of hydrogen-bond donors (Lipinski definition) is 2. The van der Waals surface area contributed by atoms with E-state index >= 15 is 0 Å². The molecule has 0 aliphatic heterocycles. The summed E-state index contributed by atoms with van der Waals surface area (Å²) in [5.74, 6) is 0. The molecule has 0 unspecified atom stereocenters. The number of aliphatic hydroxyl groups is 1. The molecule has 1 aromatic heterocycles. The van der Waals surface area contributed by atoms with Crippen molar-refractivity contribution in [2.24, 2.45) is 0 Å². The molecule has 0 fully saturated rings. The van der Waals surface area contributed by atoms with E-state index in [9.17, 15) is 4.79 Å². The van der Waals surface area contributed by atoms with Gasteiger partial charge in [0.05, 0.1) is 31.6 Å². The number of rotatable bonds is 9. The molecule has 6 nitrogen and oxygen atoms in total. The molecule has 1 heterocycles. The Bertz CT molecular complexity index is 437. The first-order valence-corrected chi connectivity index (χ1v) is 7.18. The second-order valence-corrected chi connectivity index (χ2v) is 4.81. The average molecular weight is 334 g/mol. The van der Waals surface area contributed by atoms with Crippen LogP contribution in [0.25, 0.3) is 0 Å². The Morgan fingerprint density at radius 3 is 3.00 bits per heavy atom. The summed E-state index contributed by atoms with van der Waals surface area (Å²) in [6.45, 7) is 4.16. The Morgan fingerprint density at radius 2 is 2.32 bits per heavy atom. The van der Waals surface area contributed by atoms with E-state index in [4.69, 9.17) is 9.84 Å². The maximum Gasteiger partial charge on any atom is 0.283 e. The van der Waals surface area contributed by atoms with Crippen LogP contribution >= 0.6 is 15.9 Å². The van der Waals surface area contributed by atoms with Crippen molar-refractivity contribution in [3.05, 3.63) is 21.0 Å². The van der Waals surface area contributed by atoms with E-state index in [0.29, 0.717) is 23.3 Å². The van der Waals surface area contributed by atoms with E-state index < -0.39 is 0 Å². The molecule has 0 saturated heterocycles. The number of hydrogen-bond acceptors (Lipinski definition) is 5. The summed E-state index contributed by atoms with van der Waals surface area (Å²) in [6, 6.07) is 0. The molecule has 0 spiro atoms. The van der Waals surface area contributed by atoms with Gasteiger partial charge in [0.15, 0.2) is 0 Å². The zero-order valence-electron chi connectivity index (χ0n) is 11.1. The standard InChI is InChI=1S/C12H20BrN3O3/c1-2-3-7-19-8-4-14-10-9-15-16(5-6-17)12(18)11(10)13/h9,14,17H,2-8H2,1H3. The average Bonchev–Trinajstić information content (AvgIpc) is 2.41. The van der Waals surface area contributed by atoms with Gasteiger partial charge in [0, 0.05) is 13.2 Å². The fourth-order valence-corrected chi connectivity index (χ4v) is 1.90. The number of anilines is 1. The third-order valence-electron chi connectivity index (χ3n) is 2.50. The molecule has 0 amide bonds. The highest BCUT2D eigenvalue weighted by Crippen LogP contribution is 2.15. The molecule has 0 saturated carbocycles. The highest BCUT2D eigenvalue weighted by atomic mass is 79.9. The zero-order chi connectivity index (χ0) is 14.1. The molecule has 0 aliphatic carbocycles. The molecule has 0 aromatic carbocycles. The smallest absolute Gasteiger partial charge is 0.283 e. The predicted octanol–water partition coefficient (Wildman–Crippen LogP) is 1.23. The molecule has 0 aliphatic rings. The van der Waals surface area contributed by atoms with Gasteiger partial charge in [0.1, 0.15) is 4.47 Å². The van der Waals surface area contributed by atoms with Crippen LogP contribution in [0.4, 0.5) is 5.69 Å². The fraction of sp³-hybridized carbons (Fsp3) is 0.667. The lowest BCUT2D eigenvalue weighted by Gasteiger charge is -2.10. The van der Waals surface area contributed by atoms with Gasteiger partial charge >= 0.3 is 0 Å². The Kier molecular flexibility index (Phi) is 7.69. The minimum Gasteiger partial charge on any atom is -0.394 e. The van der Waals surface area contributed by atoms with Crippen LogP contribution in [-0.2, 0) is 11.3 Å². The number of unbranched alkanes of at least 4 members (excludes halogenated alkanes) is 1. The minimum atomic E-state index is -0.258. The monoisotopic (exact) mass is 333 g/mol. The topological polar surface area (TPSA) is 76.4 Å². The maximum atomic E-state index is 11.8. The highest BCUT2D eigenvalue weighted by Gasteiger charge is 2.07. The highest BCUT2D eigenvalue weighted by molar-refractivity contribution is 9.10. The normalized spacial score (nSPS) is 10.7. The van der Waals surface area contributed by atoms with Gasteiger partial charge in [0.2, 0.25) is 0 Å². The first kappa shape index (κ1) is 16.1. The van der Waals surface area contributed by atoms with Crippen molar-refractivity contribution < 1.29 is 9.84 Å². The summed E-state index contributed by atoms with van der Waals surface area (Å²) in [6.07, 6.45) is 3.74. The van der Waals surface area contributed by atoms with Crippen molar-refractivity contribution in [2.45, 2.75) is 26.3 Å². The van der Waals surface area contributed by atoms with Crippen molar-refractivity contribution in [1.82, 2.24) is 9.78 Å². The first-order chi connectivity index (χ1) is 9.20. The van der Waals surface area contributed by atoms with E-state index in [1.54, 1.807) is 6.20 Å². The van der Waals surface area contributed by atoms with Gasteiger partial charge in [0.25, 0.3) is 5.56 Å². The summed E-state index contributed by atoms with van der Waals surface area (Å²) in [5.41, 5.74) is 0.379. The van der Waals surface area contributed by atoms with Crippen molar-refractivity contribution in [2.75, 3.05) is 31.7 Å². The molecule has 0 radical (unpaired) electrons. The SMILES string of the molecule is CCCCOCCNc1cnn(CCO)c(=O)c1Br. The van der Waals surface area contributed by atoms with Gasteiger partial charge in [-0.3, -0.25) is 4.79 Å². The molecular formula is C12H20BrN3O3. The summed E-state index contributed by atoms with van der Waals surface area (Å²) >= 11 is 3.24. The Labute approximate surface area is 120 Å². The zero-order valence-corrected chi connectivity index (χ0v) is 12.6. The van der Waals surface area contributed by atoms with Crippen LogP contribution < -0.4 is 10.9 Å². The van der Waals surface area contributed by atoms with E-state index in [1.807, 2.05) is 0 Å². The lowest BCUT2D eigenvalue weighted by Crippen LogP contribution is -2.26. The Morgan fingerprint density at radius 1 is 1.53 bits per heavy atom. The molecular weight excluding hydrogens is 314 g/mol. The van der Waals surface area contributed by atoms with Crippen LogP contribution in [0.1, 0.15) is 19.8 Å². The van der Waals surface area contributed by atoms with Crippen molar-refractivity contribution in [3.63, 3.8) is 0 Å². The van der Waals surface area contributed by atoms with Crippen molar-refractivity contribution in [3.8, 4) is 0 Å². The molecule has 19 heavy (non-hydrogen) atoms. The van der Waals surface area contributed by atoms with Gasteiger partial charge in [-0.05, 0) is 22.4 Å². The first-order valence-electron chi connectivity index (χ1n) is 6.38. The van der Waals surface area contributed by atoms with Crippen LogP contribution in [0.2, 0.25) is 0 Å². The Hall–Kier alpha value is -0.920. The van der Waals surface area contributed by atoms with Crippen LogP contribution in [-0.4, -0.2) is 41.3 Å². The van der Waals surface area contributed by atoms with Gasteiger partial charge in [-0.15, -0.1) is 0 Å². The van der Waals surface area contributed by atoms with Crippen LogP contribution in [0.3, 0.4) is 0 Å². The molecule has 2 N–H and O–H groups in total. The third-order valence-corrected chi connectivity index (χ3v) is 3.27. The molecule has 108 valence electrons. The number of aliphatic hydroxyl groups excluding tert-OH is 1. The quantitative estimate of drug-likeness (QED) is 0.664. The van der Waals surface area contributed by atoms with Crippen molar-refractivity contribution >= 4 is 21.6 Å².